The van der Waals surface area contributed by atoms with E-state index in [2.05, 4.69) is 45.0 Å². The van der Waals surface area contributed by atoms with E-state index in [1.807, 2.05) is 24.4 Å². The molecule has 92 valence electrons. The molecule has 0 radical (unpaired) electrons. The van der Waals surface area contributed by atoms with Gasteiger partial charge in [0.1, 0.15) is 5.03 Å². The molecule has 0 N–H and O–H groups in total. The van der Waals surface area contributed by atoms with Crippen LogP contribution in [0.1, 0.15) is 0 Å². The van der Waals surface area contributed by atoms with Crippen LogP contribution in [0.25, 0.3) is 5.69 Å². The lowest BCUT2D eigenvalue weighted by Gasteiger charge is -2.20. The molecule has 0 aliphatic carbocycles. The summed E-state index contributed by atoms with van der Waals surface area (Å²) in [6.07, 6.45) is 8.55. The largest absolute Gasteiger partial charge is 0.218 e. The minimum Gasteiger partial charge on any atom is -0.218 e. The zero-order chi connectivity index (χ0) is 12.6. The molecule has 0 saturated heterocycles. The Hall–Kier alpha value is -0.520. The second-order valence-corrected chi connectivity index (χ2v) is 9.82. The highest BCUT2D eigenvalue weighted by Gasteiger charge is 2.14. The molecule has 0 unspecified atom stereocenters. The molecule has 0 atom stereocenters. The minimum atomic E-state index is -0.847. The van der Waals surface area contributed by atoms with Crippen molar-refractivity contribution >= 4 is 37.6 Å². The molecule has 1 aromatic heterocycles. The normalized spacial score (nSPS) is 12.8. The van der Waals surface area contributed by atoms with Crippen LogP contribution in [-0.2, 0) is 0 Å². The van der Waals surface area contributed by atoms with Gasteiger partial charge in [0.15, 0.2) is 0 Å². The van der Waals surface area contributed by atoms with Crippen molar-refractivity contribution in [1.29, 1.82) is 0 Å². The average Bonchev–Trinajstić information content (AvgIpc) is 2.65. The van der Waals surface area contributed by atoms with Gasteiger partial charge in [-0.05, 0) is 52.9 Å². The van der Waals surface area contributed by atoms with E-state index in [0.29, 0.717) is 5.02 Å². The number of halogens is 2. The Morgan fingerprint density at radius 3 is 2.53 bits per heavy atom. The van der Waals surface area contributed by atoms with Gasteiger partial charge in [0.25, 0.3) is 0 Å². The smallest absolute Gasteiger partial charge is 0.121 e. The minimum absolute atomic E-state index is 0.697. The molecule has 2 aromatic rings. The summed E-state index contributed by atoms with van der Waals surface area (Å²) in [5, 5.41) is 10.1. The van der Waals surface area contributed by atoms with Crippen LogP contribution < -0.4 is 0 Å². The van der Waals surface area contributed by atoms with Crippen molar-refractivity contribution in [3.63, 3.8) is 0 Å². The van der Waals surface area contributed by atoms with E-state index in [1.165, 1.54) is 0 Å². The summed E-state index contributed by atoms with van der Waals surface area (Å²) in [6.45, 7) is 0. The van der Waals surface area contributed by atoms with Crippen LogP contribution in [0.5, 0.6) is 0 Å². The fraction of sp³-hybridized carbons (Fsp3) is 0.273. The molecule has 3 nitrogen and oxygen atoms in total. The van der Waals surface area contributed by atoms with Crippen LogP contribution in [0.15, 0.2) is 33.9 Å². The molecule has 0 aliphatic heterocycles. The lowest BCUT2D eigenvalue weighted by Crippen LogP contribution is -1.96. The number of hydrogen-bond donors (Lipinski definition) is 0. The quantitative estimate of drug-likeness (QED) is 0.837. The van der Waals surface area contributed by atoms with Crippen molar-refractivity contribution in [1.82, 2.24) is 15.0 Å². The summed E-state index contributed by atoms with van der Waals surface area (Å²) >= 11 is 9.39. The molecule has 17 heavy (non-hydrogen) atoms. The van der Waals surface area contributed by atoms with Gasteiger partial charge in [0, 0.05) is 9.50 Å². The zero-order valence-corrected chi connectivity index (χ0v) is 13.0. The Kier molecular flexibility index (Phi) is 3.52. The van der Waals surface area contributed by atoms with Crippen LogP contribution in [0.4, 0.5) is 0 Å². The van der Waals surface area contributed by atoms with Crippen LogP contribution in [0, 0.1) is 0 Å². The number of aromatic nitrogens is 3. The third kappa shape index (κ3) is 2.84. The molecule has 0 spiro atoms. The maximum Gasteiger partial charge on any atom is 0.121 e. The van der Waals surface area contributed by atoms with Gasteiger partial charge >= 0.3 is 0 Å². The summed E-state index contributed by atoms with van der Waals surface area (Å²) in [4.78, 5) is 0. The Balaban J connectivity index is 2.44. The summed E-state index contributed by atoms with van der Waals surface area (Å²) in [6, 6.07) is 5.61. The van der Waals surface area contributed by atoms with Gasteiger partial charge in [-0.15, -0.1) is 5.10 Å². The van der Waals surface area contributed by atoms with Gasteiger partial charge in [0.2, 0.25) is 0 Å². The predicted molar refractivity (Wildman–Crippen MR) is 77.7 cm³/mol. The van der Waals surface area contributed by atoms with E-state index in [1.54, 1.807) is 4.68 Å². The van der Waals surface area contributed by atoms with Crippen LogP contribution >= 0.6 is 37.6 Å². The van der Waals surface area contributed by atoms with Gasteiger partial charge in [0.05, 0.1) is 11.9 Å². The molecular formula is C11H13BrClN3S. The number of rotatable bonds is 2. The van der Waals surface area contributed by atoms with Crippen molar-refractivity contribution in [2.75, 3.05) is 18.8 Å². The highest BCUT2D eigenvalue weighted by molar-refractivity contribution is 9.10. The number of nitrogens with zero attached hydrogens (tertiary/aromatic N) is 3. The standard InChI is InChI=1S/C11H13BrClN3S/c1-17(2,3)11-7-16(15-14-11)10-5-4-8(13)6-9(10)12/h4-7H,1-3H3. The molecule has 1 heterocycles. The SMILES string of the molecule is CS(C)(C)c1cn(-c2ccc(Cl)cc2Br)nn1. The van der Waals surface area contributed by atoms with E-state index < -0.39 is 10.0 Å². The highest BCUT2D eigenvalue weighted by atomic mass is 79.9. The van der Waals surface area contributed by atoms with E-state index >= 15 is 0 Å². The van der Waals surface area contributed by atoms with Gasteiger partial charge in [-0.2, -0.15) is 0 Å². The summed E-state index contributed by atoms with van der Waals surface area (Å²) < 4.78 is 2.68. The van der Waals surface area contributed by atoms with Gasteiger partial charge in [-0.3, -0.25) is 0 Å². The monoisotopic (exact) mass is 333 g/mol. The predicted octanol–water partition coefficient (Wildman–Crippen LogP) is 3.74. The lowest BCUT2D eigenvalue weighted by atomic mass is 10.3. The first-order valence-electron chi connectivity index (χ1n) is 4.94. The maximum atomic E-state index is 5.91. The van der Waals surface area contributed by atoms with Gasteiger partial charge in [-0.1, -0.05) is 16.8 Å². The van der Waals surface area contributed by atoms with Crippen LogP contribution in [0.3, 0.4) is 0 Å². The summed E-state index contributed by atoms with van der Waals surface area (Å²) in [5.41, 5.74) is 0.941. The fourth-order valence-electron chi connectivity index (χ4n) is 1.31. The first kappa shape index (κ1) is 12.9. The topological polar surface area (TPSA) is 30.7 Å². The first-order chi connectivity index (χ1) is 7.88. The first-order valence-corrected chi connectivity index (χ1v) is 8.97. The molecule has 0 aliphatic rings. The molecular weight excluding hydrogens is 322 g/mol. The van der Waals surface area contributed by atoms with Crippen LogP contribution in [-0.4, -0.2) is 33.8 Å². The van der Waals surface area contributed by atoms with Gasteiger partial charge in [-0.25, -0.2) is 14.7 Å². The molecule has 0 amide bonds. The average molecular weight is 335 g/mol. The Labute approximate surface area is 116 Å². The van der Waals surface area contributed by atoms with E-state index in [4.69, 9.17) is 11.6 Å². The van der Waals surface area contributed by atoms with Crippen molar-refractivity contribution in [2.24, 2.45) is 0 Å². The molecule has 2 rings (SSSR count). The third-order valence-corrected chi connectivity index (χ3v) is 4.57. The van der Waals surface area contributed by atoms with Crippen LogP contribution in [0.2, 0.25) is 5.02 Å². The zero-order valence-electron chi connectivity index (χ0n) is 9.82. The molecule has 0 fully saturated rings. The van der Waals surface area contributed by atoms with Crippen molar-refractivity contribution in [2.45, 2.75) is 5.03 Å². The number of hydrogen-bond acceptors (Lipinski definition) is 2. The fourth-order valence-corrected chi connectivity index (χ4v) is 2.88. The van der Waals surface area contributed by atoms with Gasteiger partial charge < -0.3 is 0 Å². The summed E-state index contributed by atoms with van der Waals surface area (Å²) in [5.74, 6) is 0. The molecule has 0 bridgehead atoms. The van der Waals surface area contributed by atoms with Crippen molar-refractivity contribution in [3.8, 4) is 5.69 Å². The second kappa shape index (κ2) is 4.63. The third-order valence-electron chi connectivity index (χ3n) is 2.26. The molecule has 6 heteroatoms. The second-order valence-electron chi connectivity index (χ2n) is 4.43. The number of benzene rings is 1. The molecule has 0 saturated carbocycles. The maximum absolute atomic E-state index is 5.91. The van der Waals surface area contributed by atoms with E-state index in [9.17, 15) is 0 Å². The van der Waals surface area contributed by atoms with Crippen molar-refractivity contribution in [3.05, 3.63) is 33.9 Å². The summed E-state index contributed by atoms with van der Waals surface area (Å²) in [7, 11) is -0.847. The lowest BCUT2D eigenvalue weighted by molar-refractivity contribution is 0.793. The Bertz CT molecular complexity index is 548. The van der Waals surface area contributed by atoms with E-state index in [-0.39, 0.29) is 0 Å². The van der Waals surface area contributed by atoms with Crippen molar-refractivity contribution < 1.29 is 0 Å². The Morgan fingerprint density at radius 2 is 2.00 bits per heavy atom. The Morgan fingerprint density at radius 1 is 1.29 bits per heavy atom. The molecule has 1 aromatic carbocycles. The van der Waals surface area contributed by atoms with E-state index in [0.717, 1.165) is 15.2 Å². The highest BCUT2D eigenvalue weighted by Crippen LogP contribution is 2.43.